The number of amides is 2. The topological polar surface area (TPSA) is 84.7 Å². The van der Waals surface area contributed by atoms with Gasteiger partial charge in [-0.2, -0.15) is 0 Å². The molecule has 0 aliphatic heterocycles. The molecule has 2 N–H and O–H groups in total. The van der Waals surface area contributed by atoms with Gasteiger partial charge < -0.3 is 15.4 Å². The van der Waals surface area contributed by atoms with Crippen LogP contribution in [0.3, 0.4) is 0 Å². The van der Waals surface area contributed by atoms with E-state index in [1.165, 1.54) is 34.7 Å². The second kappa shape index (κ2) is 8.66. The number of benzene rings is 2. The summed E-state index contributed by atoms with van der Waals surface area (Å²) in [7, 11) is 0. The quantitative estimate of drug-likeness (QED) is 0.504. The molecule has 0 aliphatic rings. The summed E-state index contributed by atoms with van der Waals surface area (Å²) >= 11 is 0. The Morgan fingerprint density at radius 2 is 1.81 bits per heavy atom. The van der Waals surface area contributed by atoms with E-state index in [-0.39, 0.29) is 18.0 Å². The first-order valence-electron chi connectivity index (χ1n) is 9.52. The Balaban J connectivity index is 1.41. The van der Waals surface area contributed by atoms with Gasteiger partial charge >= 0.3 is 6.03 Å². The lowest BCUT2D eigenvalue weighted by atomic mass is 10.3. The lowest BCUT2D eigenvalue weighted by Crippen LogP contribution is -2.19. The van der Waals surface area contributed by atoms with Gasteiger partial charge in [-0.15, -0.1) is 0 Å². The molecule has 0 bridgehead atoms. The number of aromatic nitrogens is 2. The highest BCUT2D eigenvalue weighted by Crippen LogP contribution is 2.19. The number of aryl methyl sites for hydroxylation is 1. The molecule has 0 aliphatic carbocycles. The van der Waals surface area contributed by atoms with E-state index in [0.717, 1.165) is 5.56 Å². The van der Waals surface area contributed by atoms with Gasteiger partial charge in [0.1, 0.15) is 23.8 Å². The zero-order valence-electron chi connectivity index (χ0n) is 16.6. The van der Waals surface area contributed by atoms with Gasteiger partial charge in [-0.25, -0.2) is 14.2 Å². The van der Waals surface area contributed by atoms with E-state index in [9.17, 15) is 14.0 Å². The maximum absolute atomic E-state index is 13.0. The number of carbonyl (C=O) groups is 1. The molecule has 156 valence electrons. The first-order chi connectivity index (χ1) is 15.0. The Bertz CT molecular complexity index is 1300. The minimum atomic E-state index is -0.469. The number of rotatable bonds is 5. The number of carbonyl (C=O) groups excluding carboxylic acids is 1. The molecule has 4 aromatic rings. The van der Waals surface area contributed by atoms with E-state index in [0.29, 0.717) is 28.5 Å². The van der Waals surface area contributed by atoms with Crippen LogP contribution in [0, 0.1) is 12.7 Å². The Morgan fingerprint density at radius 3 is 2.61 bits per heavy atom. The van der Waals surface area contributed by atoms with Gasteiger partial charge in [0.15, 0.2) is 0 Å². The maximum Gasteiger partial charge on any atom is 0.323 e. The van der Waals surface area contributed by atoms with Crippen molar-refractivity contribution in [2.45, 2.75) is 13.5 Å². The summed E-state index contributed by atoms with van der Waals surface area (Å²) in [5.41, 5.74) is 2.86. The molecule has 0 spiro atoms. The van der Waals surface area contributed by atoms with Gasteiger partial charge in [0.25, 0.3) is 5.56 Å². The van der Waals surface area contributed by atoms with Crippen molar-refractivity contribution in [3.05, 3.63) is 100 Å². The van der Waals surface area contributed by atoms with E-state index in [4.69, 9.17) is 4.74 Å². The summed E-state index contributed by atoms with van der Waals surface area (Å²) in [4.78, 5) is 28.9. The number of halogens is 1. The Labute approximate surface area is 177 Å². The number of anilines is 2. The zero-order chi connectivity index (χ0) is 21.8. The Kier molecular flexibility index (Phi) is 5.61. The molecule has 4 rings (SSSR count). The molecule has 0 saturated heterocycles. The van der Waals surface area contributed by atoms with Crippen molar-refractivity contribution in [1.29, 1.82) is 0 Å². The molecule has 0 atom stereocenters. The minimum absolute atomic E-state index is 0.102. The van der Waals surface area contributed by atoms with E-state index < -0.39 is 6.03 Å². The number of nitrogens with one attached hydrogen (secondary N) is 2. The summed E-state index contributed by atoms with van der Waals surface area (Å²) in [5, 5.41) is 5.31. The van der Waals surface area contributed by atoms with E-state index in [2.05, 4.69) is 15.6 Å². The summed E-state index contributed by atoms with van der Waals surface area (Å²) in [6.45, 7) is 2.03. The van der Waals surface area contributed by atoms with Crippen LogP contribution in [0.2, 0.25) is 0 Å². The van der Waals surface area contributed by atoms with Crippen molar-refractivity contribution in [2.75, 3.05) is 10.6 Å². The van der Waals surface area contributed by atoms with Crippen molar-refractivity contribution in [2.24, 2.45) is 0 Å². The highest BCUT2D eigenvalue weighted by molar-refractivity contribution is 5.99. The fraction of sp³-hybridized carbons (Fsp3) is 0.0870. The standard InChI is InChI=1S/C23H19FN4O3/c1-15-9-10-28-21(11-15)25-19(13-22(28)29)14-31-20-4-2-3-18(12-20)27-23(30)26-17-7-5-16(24)6-8-17/h2-13H,14H2,1H3,(H2,26,27,30). The van der Waals surface area contributed by atoms with Crippen LogP contribution in [0.15, 0.2) is 77.7 Å². The van der Waals surface area contributed by atoms with Crippen LogP contribution >= 0.6 is 0 Å². The summed E-state index contributed by atoms with van der Waals surface area (Å²) < 4.78 is 20.2. The second-order valence-corrected chi connectivity index (χ2v) is 6.92. The van der Waals surface area contributed by atoms with Crippen molar-refractivity contribution in [3.8, 4) is 5.75 Å². The van der Waals surface area contributed by atoms with Crippen LogP contribution in [0.5, 0.6) is 5.75 Å². The number of fused-ring (bicyclic) bond motifs is 1. The molecule has 2 aromatic carbocycles. The average Bonchev–Trinajstić information content (AvgIpc) is 2.74. The predicted octanol–water partition coefficient (Wildman–Crippen LogP) is 4.37. The average molecular weight is 418 g/mol. The fourth-order valence-electron chi connectivity index (χ4n) is 2.98. The van der Waals surface area contributed by atoms with Crippen LogP contribution < -0.4 is 20.9 Å². The van der Waals surface area contributed by atoms with E-state index >= 15 is 0 Å². The third kappa shape index (κ3) is 5.05. The lowest BCUT2D eigenvalue weighted by Gasteiger charge is -2.10. The molecule has 0 radical (unpaired) electrons. The first kappa shape index (κ1) is 20.1. The monoisotopic (exact) mass is 418 g/mol. The third-order valence-corrected chi connectivity index (χ3v) is 4.46. The number of ether oxygens (including phenoxy) is 1. The van der Waals surface area contributed by atoms with Crippen molar-refractivity contribution in [3.63, 3.8) is 0 Å². The molecule has 8 heteroatoms. The summed E-state index contributed by atoms with van der Waals surface area (Å²) in [5.74, 6) is 0.125. The number of pyridine rings is 1. The molecule has 2 amide bonds. The van der Waals surface area contributed by atoms with Gasteiger partial charge in [0, 0.05) is 29.7 Å². The van der Waals surface area contributed by atoms with Crippen LogP contribution in [0.1, 0.15) is 11.3 Å². The summed E-state index contributed by atoms with van der Waals surface area (Å²) in [6.07, 6.45) is 1.69. The number of hydrogen-bond acceptors (Lipinski definition) is 4. The lowest BCUT2D eigenvalue weighted by molar-refractivity contribution is 0.262. The molecule has 7 nitrogen and oxygen atoms in total. The number of urea groups is 1. The number of hydrogen-bond donors (Lipinski definition) is 2. The van der Waals surface area contributed by atoms with Crippen molar-refractivity contribution >= 4 is 23.1 Å². The van der Waals surface area contributed by atoms with Gasteiger partial charge in [-0.05, 0) is 61.0 Å². The first-order valence-corrected chi connectivity index (χ1v) is 9.52. The van der Waals surface area contributed by atoms with Gasteiger partial charge in [-0.3, -0.25) is 9.20 Å². The normalized spacial score (nSPS) is 10.6. The molecule has 31 heavy (non-hydrogen) atoms. The minimum Gasteiger partial charge on any atom is -0.487 e. The van der Waals surface area contributed by atoms with E-state index in [1.807, 2.05) is 19.1 Å². The van der Waals surface area contributed by atoms with Crippen LogP contribution in [-0.2, 0) is 6.61 Å². The highest BCUT2D eigenvalue weighted by atomic mass is 19.1. The third-order valence-electron chi connectivity index (χ3n) is 4.46. The predicted molar refractivity (Wildman–Crippen MR) is 116 cm³/mol. The molecule has 0 unspecified atom stereocenters. The van der Waals surface area contributed by atoms with Gasteiger partial charge in [0.05, 0.1) is 5.69 Å². The molecular formula is C23H19FN4O3. The van der Waals surface area contributed by atoms with Gasteiger partial charge in [-0.1, -0.05) is 6.07 Å². The maximum atomic E-state index is 13.0. The molecule has 2 aromatic heterocycles. The largest absolute Gasteiger partial charge is 0.487 e. The van der Waals surface area contributed by atoms with Crippen LogP contribution in [0.25, 0.3) is 5.65 Å². The Morgan fingerprint density at radius 1 is 1.03 bits per heavy atom. The van der Waals surface area contributed by atoms with Crippen molar-refractivity contribution < 1.29 is 13.9 Å². The van der Waals surface area contributed by atoms with Crippen LogP contribution in [-0.4, -0.2) is 15.4 Å². The fourth-order valence-corrected chi connectivity index (χ4v) is 2.98. The zero-order valence-corrected chi connectivity index (χ0v) is 16.6. The van der Waals surface area contributed by atoms with Gasteiger partial charge in [0.2, 0.25) is 0 Å². The van der Waals surface area contributed by atoms with Crippen LogP contribution in [0.4, 0.5) is 20.6 Å². The molecule has 0 saturated carbocycles. The highest BCUT2D eigenvalue weighted by Gasteiger charge is 2.06. The second-order valence-electron chi connectivity index (χ2n) is 6.92. The SMILES string of the molecule is Cc1ccn2c(=O)cc(COc3cccc(NC(=O)Nc4ccc(F)cc4)c3)nc2c1. The molecule has 2 heterocycles. The molecular weight excluding hydrogens is 399 g/mol. The van der Waals surface area contributed by atoms with E-state index in [1.54, 1.807) is 30.5 Å². The summed E-state index contributed by atoms with van der Waals surface area (Å²) in [6, 6.07) is 16.9. The Hall–Kier alpha value is -4.20. The number of nitrogens with zero attached hydrogens (tertiary/aromatic N) is 2. The smallest absolute Gasteiger partial charge is 0.323 e. The molecule has 0 fully saturated rings. The van der Waals surface area contributed by atoms with Crippen molar-refractivity contribution in [1.82, 2.24) is 9.38 Å².